The van der Waals surface area contributed by atoms with Crippen LogP contribution in [0.1, 0.15) is 131 Å². The number of aliphatic hydroxyl groups excluding tert-OH is 1. The Kier molecular flexibility index (Phi) is 20.5. The molecule has 3 aliphatic heterocycles. The highest BCUT2D eigenvalue weighted by atomic mass is 16.7. The molecule has 0 aromatic heterocycles. The molecule has 4 aliphatic rings. The fraction of sp³-hybridized carbons (Fsp3) is 0.720. The Hall–Kier alpha value is -3.26. The van der Waals surface area contributed by atoms with E-state index in [4.69, 9.17) is 23.7 Å². The van der Waals surface area contributed by atoms with Crippen molar-refractivity contribution in [3.05, 3.63) is 59.8 Å². The van der Waals surface area contributed by atoms with Crippen molar-refractivity contribution in [2.45, 2.75) is 179 Å². The highest BCUT2D eigenvalue weighted by molar-refractivity contribution is 6.39. The van der Waals surface area contributed by atoms with Gasteiger partial charge in [-0.25, -0.2) is 4.79 Å². The summed E-state index contributed by atoms with van der Waals surface area (Å²) in [5.41, 5.74) is 2.79. The molecule has 1 saturated carbocycles. The van der Waals surface area contributed by atoms with Crippen molar-refractivity contribution in [2.24, 2.45) is 23.7 Å². The zero-order chi connectivity index (χ0) is 45.6. The molecule has 348 valence electrons. The lowest BCUT2D eigenvalue weighted by Gasteiger charge is -2.45. The fourth-order valence-electron chi connectivity index (χ4n) is 10.0. The molecule has 0 spiro atoms. The number of rotatable bonds is 11. The Bertz CT molecular complexity index is 1650. The molecular weight excluding hydrogens is 791 g/mol. The summed E-state index contributed by atoms with van der Waals surface area (Å²) in [5, 5.41) is 24.0. The van der Waals surface area contributed by atoms with Crippen LogP contribution in [0.5, 0.6) is 0 Å². The summed E-state index contributed by atoms with van der Waals surface area (Å²) in [6, 6.07) is -1.10. The third kappa shape index (κ3) is 13.6. The number of allylic oxidation sites excluding steroid dienone is 7. The van der Waals surface area contributed by atoms with Gasteiger partial charge in [0.05, 0.1) is 30.5 Å². The molecule has 2 saturated heterocycles. The Labute approximate surface area is 371 Å². The van der Waals surface area contributed by atoms with Gasteiger partial charge in [0.25, 0.3) is 11.7 Å². The Morgan fingerprint density at radius 3 is 2.39 bits per heavy atom. The average molecular weight is 868 g/mol. The largest absolute Gasteiger partial charge is 0.456 e. The van der Waals surface area contributed by atoms with Crippen LogP contribution in [0.25, 0.3) is 0 Å². The Morgan fingerprint density at radius 2 is 1.71 bits per heavy atom. The minimum Gasteiger partial charge on any atom is -0.456 e. The van der Waals surface area contributed by atoms with Crippen molar-refractivity contribution in [2.75, 3.05) is 27.9 Å². The molecule has 12 nitrogen and oxygen atoms in total. The summed E-state index contributed by atoms with van der Waals surface area (Å²) in [5.74, 6) is -7.20. The van der Waals surface area contributed by atoms with Crippen molar-refractivity contribution in [1.82, 2.24) is 4.90 Å². The second-order valence-corrected chi connectivity index (χ2v) is 18.4. The third-order valence-corrected chi connectivity index (χ3v) is 13.8. The summed E-state index contributed by atoms with van der Waals surface area (Å²) in [6.07, 6.45) is 17.0. The number of methoxy groups -OCH3 is 3. The molecule has 4 rings (SSSR count). The maximum Gasteiger partial charge on any atom is 0.329 e. The lowest BCUT2D eigenvalue weighted by Crippen LogP contribution is -2.63. The van der Waals surface area contributed by atoms with Crippen LogP contribution in [-0.2, 0) is 42.9 Å². The van der Waals surface area contributed by atoms with Gasteiger partial charge >= 0.3 is 5.97 Å². The first-order valence-electron chi connectivity index (χ1n) is 23.2. The van der Waals surface area contributed by atoms with E-state index in [0.717, 1.165) is 55.2 Å². The zero-order valence-corrected chi connectivity index (χ0v) is 38.9. The summed E-state index contributed by atoms with van der Waals surface area (Å²) in [6.45, 7) is 13.2. The van der Waals surface area contributed by atoms with Crippen LogP contribution in [0.15, 0.2) is 59.8 Å². The first kappa shape index (κ1) is 51.4. The first-order chi connectivity index (χ1) is 29.6. The van der Waals surface area contributed by atoms with Crippen LogP contribution in [0.2, 0.25) is 0 Å². The molecule has 62 heavy (non-hydrogen) atoms. The van der Waals surface area contributed by atoms with E-state index in [-0.39, 0.29) is 49.7 Å². The number of Topliss-reactive ketones (excluding diaryl/α,β-unsaturated/α-hetero) is 2. The molecule has 2 N–H and O–H groups in total. The van der Waals surface area contributed by atoms with E-state index in [0.29, 0.717) is 38.5 Å². The standard InChI is InChI=1S/C50H77NO11/c1-10-16-36(17-11-2)18-14-20-38-26-32(3)27-40(59-8)23-24-44-45(60-9)29-34(5)50(57,62-44)47(54)48(55)51-25-13-12-22-41(51)49(56)61-46(35(6)42(52)31-43(38)53)33(4)28-37-19-15-21-39(30-37)58-7/h10-11,16-17,26,28,34-35,37-42,44-46,52,57H,1,12-15,18-25,27,29-31H2,2-9H3/b17-11-,32-26+,33-28+,36-16+/t34-,35-,37+,38-,39+,40-,41+,42+,44-,45+,46-,50-/m1/s1. The molecule has 12 atom stereocenters. The molecule has 0 unspecified atom stereocenters. The molecule has 1 amide bonds. The number of nitrogens with zero attached hydrogens (tertiary/aromatic N) is 1. The molecule has 12 heteroatoms. The van der Waals surface area contributed by atoms with Gasteiger partial charge in [-0.2, -0.15) is 0 Å². The van der Waals surface area contributed by atoms with E-state index in [2.05, 4.69) is 12.7 Å². The van der Waals surface area contributed by atoms with E-state index in [9.17, 15) is 29.4 Å². The normalized spacial score (nSPS) is 36.6. The van der Waals surface area contributed by atoms with E-state index in [1.165, 1.54) is 4.90 Å². The van der Waals surface area contributed by atoms with E-state index < -0.39 is 71.7 Å². The smallest absolute Gasteiger partial charge is 0.329 e. The van der Waals surface area contributed by atoms with Crippen LogP contribution in [-0.4, -0.2) is 115 Å². The van der Waals surface area contributed by atoms with Crippen molar-refractivity contribution >= 4 is 23.4 Å². The van der Waals surface area contributed by atoms with Gasteiger partial charge in [-0.05, 0) is 121 Å². The number of cyclic esters (lactones) is 1. The molecule has 0 aromatic rings. The minimum atomic E-state index is -2.44. The van der Waals surface area contributed by atoms with Crippen molar-refractivity contribution < 1.29 is 53.1 Å². The molecule has 1 aliphatic carbocycles. The molecule has 3 fully saturated rings. The van der Waals surface area contributed by atoms with Gasteiger partial charge in [0, 0.05) is 52.0 Å². The summed E-state index contributed by atoms with van der Waals surface area (Å²) in [7, 11) is 4.90. The van der Waals surface area contributed by atoms with E-state index >= 15 is 0 Å². The number of ketones is 2. The number of fused-ring (bicyclic) bond motifs is 3. The number of aliphatic hydroxyl groups is 2. The maximum atomic E-state index is 14.4. The average Bonchev–Trinajstić information content (AvgIpc) is 3.26. The van der Waals surface area contributed by atoms with E-state index in [1.54, 1.807) is 41.3 Å². The van der Waals surface area contributed by atoms with Gasteiger partial charge in [-0.3, -0.25) is 14.4 Å². The highest BCUT2D eigenvalue weighted by Crippen LogP contribution is 2.38. The van der Waals surface area contributed by atoms with Gasteiger partial charge in [0.1, 0.15) is 17.9 Å². The number of amides is 1. The van der Waals surface area contributed by atoms with Crippen LogP contribution in [0, 0.1) is 23.7 Å². The molecule has 0 aromatic carbocycles. The maximum absolute atomic E-state index is 14.4. The third-order valence-electron chi connectivity index (χ3n) is 13.8. The molecule has 3 heterocycles. The number of hydrogen-bond donors (Lipinski definition) is 2. The second-order valence-electron chi connectivity index (χ2n) is 18.4. The summed E-state index contributed by atoms with van der Waals surface area (Å²) >= 11 is 0. The minimum absolute atomic E-state index is 0.110. The predicted octanol–water partition coefficient (Wildman–Crippen LogP) is 7.70. The Morgan fingerprint density at radius 1 is 0.968 bits per heavy atom. The van der Waals surface area contributed by atoms with Crippen LogP contribution in [0.3, 0.4) is 0 Å². The van der Waals surface area contributed by atoms with Crippen molar-refractivity contribution in [3.63, 3.8) is 0 Å². The monoisotopic (exact) mass is 868 g/mol. The van der Waals surface area contributed by atoms with Crippen LogP contribution in [0.4, 0.5) is 0 Å². The summed E-state index contributed by atoms with van der Waals surface area (Å²) in [4.78, 5) is 58.5. The van der Waals surface area contributed by atoms with Gasteiger partial charge in [0.15, 0.2) is 0 Å². The van der Waals surface area contributed by atoms with Gasteiger partial charge in [-0.1, -0.05) is 68.9 Å². The first-order valence-corrected chi connectivity index (χ1v) is 23.2. The lowest BCUT2D eigenvalue weighted by molar-refractivity contribution is -0.287. The van der Waals surface area contributed by atoms with Crippen molar-refractivity contribution in [1.29, 1.82) is 0 Å². The number of ether oxygens (including phenoxy) is 5. The number of carbonyl (C=O) groups is 4. The number of hydrogen-bond acceptors (Lipinski definition) is 11. The number of esters is 1. The quantitative estimate of drug-likeness (QED) is 0.0908. The highest BCUT2D eigenvalue weighted by Gasteiger charge is 2.55. The van der Waals surface area contributed by atoms with Gasteiger partial charge in [0.2, 0.25) is 5.79 Å². The number of piperidine rings is 1. The zero-order valence-electron chi connectivity index (χ0n) is 38.9. The molecule has 0 radical (unpaired) electrons. The second kappa shape index (κ2) is 24.7. The van der Waals surface area contributed by atoms with Gasteiger partial charge < -0.3 is 38.8 Å². The molecule has 2 bridgehead atoms. The lowest BCUT2D eigenvalue weighted by atomic mass is 9.82. The van der Waals surface area contributed by atoms with Gasteiger partial charge in [-0.15, -0.1) is 0 Å². The molecular formula is C50H77NO11. The number of carbonyl (C=O) groups excluding carboxylic acids is 4. The Balaban J connectivity index is 1.77. The fourth-order valence-corrected chi connectivity index (χ4v) is 10.0. The van der Waals surface area contributed by atoms with E-state index in [1.807, 2.05) is 45.1 Å². The van der Waals surface area contributed by atoms with Crippen LogP contribution < -0.4 is 0 Å². The topological polar surface area (TPSA) is 158 Å². The summed E-state index contributed by atoms with van der Waals surface area (Å²) < 4.78 is 30.0. The van der Waals surface area contributed by atoms with Crippen LogP contribution >= 0.6 is 0 Å². The van der Waals surface area contributed by atoms with Crippen molar-refractivity contribution in [3.8, 4) is 0 Å². The SMILES string of the molecule is C=C/C=C(\C=C/C)CCC[C@@H]1/C=C(\C)C[C@H](OC)CC[C@H]2O[C@@](O)(C(=O)C(=O)N3CCCC[C@H]3C(=O)O[C@H](/C(C)=C/[C@@H]3CCC[C@H](OC)C3)[C@H](C)[C@@H](O)CC1=O)[C@H](C)C[C@@H]2OC. The predicted molar refractivity (Wildman–Crippen MR) is 239 cm³/mol.